The highest BCUT2D eigenvalue weighted by molar-refractivity contribution is 5.97. The molecule has 19 heavy (non-hydrogen) atoms. The molecule has 0 aromatic heterocycles. The van der Waals surface area contributed by atoms with Crippen molar-refractivity contribution in [1.29, 1.82) is 0 Å². The second kappa shape index (κ2) is 6.22. The van der Waals surface area contributed by atoms with Gasteiger partial charge in [-0.25, -0.2) is 4.79 Å². The Balaban J connectivity index is 2.81. The maximum absolute atomic E-state index is 12.0. The fourth-order valence-corrected chi connectivity index (χ4v) is 1.75. The van der Waals surface area contributed by atoms with Gasteiger partial charge in [0, 0.05) is 11.3 Å². The van der Waals surface area contributed by atoms with Gasteiger partial charge in [-0.1, -0.05) is 13.8 Å². The molecule has 5 nitrogen and oxygen atoms in total. The van der Waals surface area contributed by atoms with Crippen LogP contribution in [0.15, 0.2) is 18.2 Å². The van der Waals surface area contributed by atoms with E-state index in [4.69, 9.17) is 10.8 Å². The van der Waals surface area contributed by atoms with E-state index in [0.29, 0.717) is 17.7 Å². The van der Waals surface area contributed by atoms with Gasteiger partial charge in [-0.15, -0.1) is 0 Å². The summed E-state index contributed by atoms with van der Waals surface area (Å²) in [5.74, 6) is -1.22. The third kappa shape index (κ3) is 4.28. The lowest BCUT2D eigenvalue weighted by Gasteiger charge is -2.16. The smallest absolute Gasteiger partial charge is 0.326 e. The number of aliphatic carboxylic acids is 1. The third-order valence-electron chi connectivity index (χ3n) is 2.84. The number of nitrogens with two attached hydrogens (primary N) is 1. The molecule has 0 saturated heterocycles. The summed E-state index contributed by atoms with van der Waals surface area (Å²) < 4.78 is 0. The molecule has 0 radical (unpaired) electrons. The number of nitrogen functional groups attached to an aromatic ring is 1. The standard InChI is InChI=1S/C14H20N2O3/c1-8(2)6-12(14(18)19)16-13(17)10-4-5-11(15)9(3)7-10/h4-5,7-8,12H,6,15H2,1-3H3,(H,16,17)(H,18,19). The SMILES string of the molecule is Cc1cc(C(=O)NC(CC(C)C)C(=O)O)ccc1N. The number of hydrogen-bond donors (Lipinski definition) is 3. The predicted molar refractivity (Wildman–Crippen MR) is 73.9 cm³/mol. The van der Waals surface area contributed by atoms with Crippen LogP contribution in [0.4, 0.5) is 5.69 Å². The van der Waals surface area contributed by atoms with Crippen LogP contribution in [0.5, 0.6) is 0 Å². The van der Waals surface area contributed by atoms with Gasteiger partial charge in [-0.05, 0) is 43.0 Å². The normalized spacial score (nSPS) is 12.2. The first-order chi connectivity index (χ1) is 8.81. The molecule has 1 aromatic rings. The van der Waals surface area contributed by atoms with Gasteiger partial charge < -0.3 is 16.2 Å². The molecule has 104 valence electrons. The zero-order chi connectivity index (χ0) is 14.6. The van der Waals surface area contributed by atoms with Gasteiger partial charge in [0.1, 0.15) is 6.04 Å². The number of carboxylic acid groups (broad SMARTS) is 1. The molecular formula is C14H20N2O3. The molecule has 0 aliphatic rings. The minimum Gasteiger partial charge on any atom is -0.480 e. The molecular weight excluding hydrogens is 244 g/mol. The highest BCUT2D eigenvalue weighted by atomic mass is 16.4. The van der Waals surface area contributed by atoms with Crippen molar-refractivity contribution in [3.63, 3.8) is 0 Å². The third-order valence-corrected chi connectivity index (χ3v) is 2.84. The lowest BCUT2D eigenvalue weighted by Crippen LogP contribution is -2.41. The molecule has 5 heteroatoms. The van der Waals surface area contributed by atoms with Gasteiger partial charge in [0.05, 0.1) is 0 Å². The number of aryl methyl sites for hydroxylation is 1. The average molecular weight is 264 g/mol. The Hall–Kier alpha value is -2.04. The summed E-state index contributed by atoms with van der Waals surface area (Å²) in [7, 11) is 0. The number of hydrogen-bond acceptors (Lipinski definition) is 3. The van der Waals surface area contributed by atoms with Crippen LogP contribution in [-0.4, -0.2) is 23.0 Å². The number of carboxylic acids is 1. The van der Waals surface area contributed by atoms with Gasteiger partial charge in [0.15, 0.2) is 0 Å². The highest BCUT2D eigenvalue weighted by Crippen LogP contribution is 2.13. The Kier molecular flexibility index (Phi) is 4.92. The maximum Gasteiger partial charge on any atom is 0.326 e. The number of benzene rings is 1. The zero-order valence-corrected chi connectivity index (χ0v) is 11.4. The van der Waals surface area contributed by atoms with E-state index >= 15 is 0 Å². The first-order valence-electron chi connectivity index (χ1n) is 6.21. The number of nitrogens with one attached hydrogen (secondary N) is 1. The van der Waals surface area contributed by atoms with Crippen molar-refractivity contribution in [3.8, 4) is 0 Å². The predicted octanol–water partition coefficient (Wildman–Crippen LogP) is 1.81. The zero-order valence-electron chi connectivity index (χ0n) is 11.4. The van der Waals surface area contributed by atoms with Crippen molar-refractivity contribution in [2.75, 3.05) is 5.73 Å². The molecule has 1 amide bonds. The summed E-state index contributed by atoms with van der Waals surface area (Å²) in [6.07, 6.45) is 0.398. The molecule has 0 saturated carbocycles. The summed E-state index contributed by atoms with van der Waals surface area (Å²) in [6.45, 7) is 5.62. The van der Waals surface area contributed by atoms with Crippen LogP contribution in [-0.2, 0) is 4.79 Å². The average Bonchev–Trinajstić information content (AvgIpc) is 2.31. The summed E-state index contributed by atoms with van der Waals surface area (Å²) in [6, 6.07) is 4.01. The minimum absolute atomic E-state index is 0.189. The summed E-state index contributed by atoms with van der Waals surface area (Å²) in [5.41, 5.74) is 7.50. The topological polar surface area (TPSA) is 92.4 Å². The van der Waals surface area contributed by atoms with E-state index in [0.717, 1.165) is 5.56 Å². The van der Waals surface area contributed by atoms with Gasteiger partial charge in [0.2, 0.25) is 0 Å². The number of anilines is 1. The van der Waals surface area contributed by atoms with Crippen LogP contribution >= 0.6 is 0 Å². The Morgan fingerprint density at radius 2 is 2.00 bits per heavy atom. The van der Waals surface area contributed by atoms with Gasteiger partial charge in [-0.2, -0.15) is 0 Å². The quantitative estimate of drug-likeness (QED) is 0.707. The van der Waals surface area contributed by atoms with Crippen LogP contribution in [0.3, 0.4) is 0 Å². The van der Waals surface area contributed by atoms with Crippen LogP contribution in [0.1, 0.15) is 36.2 Å². The molecule has 0 aliphatic carbocycles. The molecule has 0 fully saturated rings. The lowest BCUT2D eigenvalue weighted by atomic mass is 10.0. The maximum atomic E-state index is 12.0. The molecule has 1 unspecified atom stereocenters. The molecule has 1 aromatic carbocycles. The van der Waals surface area contributed by atoms with Crippen LogP contribution in [0.2, 0.25) is 0 Å². The Morgan fingerprint density at radius 1 is 1.37 bits per heavy atom. The van der Waals surface area contributed by atoms with Crippen molar-refractivity contribution < 1.29 is 14.7 Å². The molecule has 0 aliphatic heterocycles. The van der Waals surface area contributed by atoms with E-state index < -0.39 is 17.9 Å². The number of rotatable bonds is 5. The molecule has 1 rings (SSSR count). The summed E-state index contributed by atoms with van der Waals surface area (Å²) >= 11 is 0. The lowest BCUT2D eigenvalue weighted by molar-refractivity contribution is -0.139. The van der Waals surface area contributed by atoms with Crippen molar-refractivity contribution in [2.45, 2.75) is 33.2 Å². The van der Waals surface area contributed by atoms with Gasteiger partial charge >= 0.3 is 5.97 Å². The first-order valence-corrected chi connectivity index (χ1v) is 6.21. The van der Waals surface area contributed by atoms with Crippen molar-refractivity contribution in [3.05, 3.63) is 29.3 Å². The number of carbonyl (C=O) groups is 2. The van der Waals surface area contributed by atoms with Crippen molar-refractivity contribution >= 4 is 17.6 Å². The molecule has 0 spiro atoms. The largest absolute Gasteiger partial charge is 0.480 e. The van der Waals surface area contributed by atoms with Crippen LogP contribution in [0.25, 0.3) is 0 Å². The molecule has 1 atom stereocenters. The van der Waals surface area contributed by atoms with Crippen molar-refractivity contribution in [1.82, 2.24) is 5.32 Å². The Bertz CT molecular complexity index is 484. The van der Waals surface area contributed by atoms with Gasteiger partial charge in [-0.3, -0.25) is 4.79 Å². The first kappa shape index (κ1) is 15.0. The second-order valence-electron chi connectivity index (χ2n) is 5.07. The Morgan fingerprint density at radius 3 is 2.47 bits per heavy atom. The number of carbonyl (C=O) groups excluding carboxylic acids is 1. The monoisotopic (exact) mass is 264 g/mol. The molecule has 4 N–H and O–H groups in total. The highest BCUT2D eigenvalue weighted by Gasteiger charge is 2.21. The molecule has 0 bridgehead atoms. The second-order valence-corrected chi connectivity index (χ2v) is 5.07. The minimum atomic E-state index is -1.02. The van der Waals surface area contributed by atoms with Gasteiger partial charge in [0.25, 0.3) is 5.91 Å². The molecule has 0 heterocycles. The summed E-state index contributed by atoms with van der Waals surface area (Å²) in [4.78, 5) is 23.1. The van der Waals surface area contributed by atoms with Crippen molar-refractivity contribution in [2.24, 2.45) is 5.92 Å². The summed E-state index contributed by atoms with van der Waals surface area (Å²) in [5, 5.41) is 11.6. The van der Waals surface area contributed by atoms with E-state index in [1.807, 2.05) is 13.8 Å². The van der Waals surface area contributed by atoms with Crippen LogP contribution in [0, 0.1) is 12.8 Å². The van der Waals surface area contributed by atoms with Crippen LogP contribution < -0.4 is 11.1 Å². The Labute approximate surface area is 112 Å². The number of amides is 1. The van der Waals surface area contributed by atoms with E-state index in [-0.39, 0.29) is 5.92 Å². The van der Waals surface area contributed by atoms with E-state index in [2.05, 4.69) is 5.32 Å². The fraction of sp³-hybridized carbons (Fsp3) is 0.429. The fourth-order valence-electron chi connectivity index (χ4n) is 1.75. The van der Waals surface area contributed by atoms with E-state index in [1.54, 1.807) is 25.1 Å². The van der Waals surface area contributed by atoms with E-state index in [1.165, 1.54) is 0 Å². The van der Waals surface area contributed by atoms with E-state index in [9.17, 15) is 9.59 Å².